The minimum atomic E-state index is 0.831. The number of pyridine rings is 4. The van der Waals surface area contributed by atoms with Crippen molar-refractivity contribution in [3.05, 3.63) is 262 Å². The summed E-state index contributed by atoms with van der Waals surface area (Å²) < 4.78 is 8.90. The monoisotopic (exact) mass is 776 g/mol. The summed E-state index contributed by atoms with van der Waals surface area (Å²) in [6, 6.07) is 52.6. The van der Waals surface area contributed by atoms with Gasteiger partial charge in [-0.3, -0.25) is 0 Å². The predicted molar refractivity (Wildman–Crippen MR) is 244 cm³/mol. The van der Waals surface area contributed by atoms with Gasteiger partial charge in [-0.15, -0.1) is 0 Å². The summed E-state index contributed by atoms with van der Waals surface area (Å²) in [5.41, 5.74) is 14.5. The lowest BCUT2D eigenvalue weighted by atomic mass is 10.1. The number of nitrogens with zero attached hydrogens (tertiary/aromatic N) is 4. The maximum absolute atomic E-state index is 2.24. The molecule has 21 rings (SSSR count). The molecule has 8 aromatic rings. The largest absolute Gasteiger partial charge is 0.201 e. The van der Waals surface area contributed by atoms with Crippen molar-refractivity contribution in [2.45, 2.75) is 26.2 Å². The fourth-order valence-electron chi connectivity index (χ4n) is 7.29. The molecule has 13 aliphatic heterocycles. The SMILES string of the molecule is C1=Cc2cc[n+](cc2)Cc2ccc(cc2)C[n+]2ccc(cc2)/C=C/c2ccc(cc2)/C=C/c2cc[n+](cc2)Cc2ccc(cc2)C[n+]2ccc(cc2)/C=C/c2ccc1cc2. The van der Waals surface area contributed by atoms with Gasteiger partial charge in [-0.2, -0.15) is 0 Å². The van der Waals surface area contributed by atoms with E-state index in [1.165, 1.54) is 66.8 Å². The summed E-state index contributed by atoms with van der Waals surface area (Å²) in [6.45, 7) is 3.33. The van der Waals surface area contributed by atoms with Gasteiger partial charge in [0.2, 0.25) is 0 Å². The van der Waals surface area contributed by atoms with E-state index in [4.69, 9.17) is 0 Å². The molecular formula is C56H48N4+4. The number of benzene rings is 4. The first-order valence-electron chi connectivity index (χ1n) is 20.6. The van der Waals surface area contributed by atoms with Crippen LogP contribution >= 0.6 is 0 Å². The van der Waals surface area contributed by atoms with Gasteiger partial charge in [0.1, 0.15) is 0 Å². The second kappa shape index (κ2) is 18.4. The molecule has 0 aliphatic carbocycles. The molecule has 0 fully saturated rings. The zero-order chi connectivity index (χ0) is 40.4. The van der Waals surface area contributed by atoms with Crippen molar-refractivity contribution < 1.29 is 18.3 Å². The van der Waals surface area contributed by atoms with Gasteiger partial charge in [0.05, 0.1) is 0 Å². The fourth-order valence-corrected chi connectivity index (χ4v) is 7.29. The first-order chi connectivity index (χ1) is 29.6. The van der Waals surface area contributed by atoms with Crippen molar-refractivity contribution in [1.82, 2.24) is 0 Å². The molecule has 4 aromatic carbocycles. The molecule has 0 N–H and O–H groups in total. The molecular weight excluding hydrogens is 729 g/mol. The van der Waals surface area contributed by atoms with Gasteiger partial charge >= 0.3 is 0 Å². The van der Waals surface area contributed by atoms with E-state index in [-0.39, 0.29) is 0 Å². The fraction of sp³-hybridized carbons (Fsp3) is 0.0714. The zero-order valence-corrected chi connectivity index (χ0v) is 33.7. The minimum absolute atomic E-state index is 0.831. The molecule has 0 atom stereocenters. The van der Waals surface area contributed by atoms with Crippen LogP contribution in [-0.4, -0.2) is 0 Å². The van der Waals surface area contributed by atoms with Crippen LogP contribution in [0.25, 0.3) is 48.6 Å². The Morgan fingerprint density at radius 3 is 0.500 bits per heavy atom. The van der Waals surface area contributed by atoms with Crippen molar-refractivity contribution in [3.8, 4) is 0 Å². The number of aromatic nitrogens is 4. The van der Waals surface area contributed by atoms with Gasteiger partial charge in [0, 0.05) is 70.8 Å². The number of rotatable bonds is 0. The zero-order valence-electron chi connectivity index (χ0n) is 33.7. The van der Waals surface area contributed by atoms with Gasteiger partial charge < -0.3 is 0 Å². The normalized spacial score (nSPS) is 14.4. The van der Waals surface area contributed by atoms with E-state index < -0.39 is 0 Å². The Hall–Kier alpha value is -7.56. The molecule has 4 heteroatoms. The molecule has 0 radical (unpaired) electrons. The third kappa shape index (κ3) is 10.5. The lowest BCUT2D eigenvalue weighted by Crippen LogP contribution is -2.34. The standard InChI is InChI=1S/C56H48N4/c1-2-46-4-3-45(1)9-13-49-25-33-57(34-26-49)41-53-17-19-55(20-18-53)43-59-37-29-51(30-38-59)15-11-47-5-7-48(8-6-47)12-16-52-31-39-60(40-32-52)44-56-23-21-54(22-24-56)42-58-35-27-50(14-10-46)28-36-58/h1-40H,41-44H2/q+4/b13-9+,14-10+,15-11+,16-12?. The van der Waals surface area contributed by atoms with Crippen molar-refractivity contribution in [3.63, 3.8) is 0 Å². The highest BCUT2D eigenvalue weighted by molar-refractivity contribution is 5.74. The summed E-state index contributed by atoms with van der Waals surface area (Å²) in [5.74, 6) is 0. The van der Waals surface area contributed by atoms with Gasteiger partial charge in [-0.05, 0) is 44.5 Å². The molecule has 4 nitrogen and oxygen atoms in total. The lowest BCUT2D eigenvalue weighted by molar-refractivity contribution is -0.689. The lowest BCUT2D eigenvalue weighted by Gasteiger charge is -2.02. The van der Waals surface area contributed by atoms with Crippen LogP contribution in [0, 0.1) is 0 Å². The molecule has 4 aromatic heterocycles. The molecule has 13 aliphatic rings. The van der Waals surface area contributed by atoms with E-state index in [9.17, 15) is 0 Å². The third-order valence-corrected chi connectivity index (χ3v) is 10.9. The van der Waals surface area contributed by atoms with Crippen LogP contribution in [0.2, 0.25) is 0 Å². The minimum Gasteiger partial charge on any atom is -0.201 e. The molecule has 0 saturated carbocycles. The Morgan fingerprint density at radius 1 is 0.183 bits per heavy atom. The van der Waals surface area contributed by atoms with Crippen molar-refractivity contribution >= 4 is 48.6 Å². The van der Waals surface area contributed by atoms with E-state index in [0.717, 1.165) is 26.2 Å². The average molecular weight is 777 g/mol. The first-order valence-corrected chi connectivity index (χ1v) is 20.6. The summed E-state index contributed by atoms with van der Waals surface area (Å²) in [4.78, 5) is 0. The molecule has 60 heavy (non-hydrogen) atoms. The quantitative estimate of drug-likeness (QED) is 0.136. The highest BCUT2D eigenvalue weighted by Gasteiger charge is 2.08. The second-order valence-electron chi connectivity index (χ2n) is 15.5. The van der Waals surface area contributed by atoms with Gasteiger partial charge in [0.25, 0.3) is 0 Å². The highest BCUT2D eigenvalue weighted by atomic mass is 14.9. The Morgan fingerprint density at radius 2 is 0.333 bits per heavy atom. The smallest absolute Gasteiger partial charge is 0.173 e. The number of hydrogen-bond donors (Lipinski definition) is 0. The predicted octanol–water partition coefficient (Wildman–Crippen LogP) is 10.0. The van der Waals surface area contributed by atoms with Crippen LogP contribution in [0.5, 0.6) is 0 Å². The summed E-state index contributed by atoms with van der Waals surface area (Å²) in [7, 11) is 0. The van der Waals surface area contributed by atoms with Crippen LogP contribution in [-0.2, 0) is 26.2 Å². The molecule has 0 spiro atoms. The molecule has 17 heterocycles. The molecule has 0 amide bonds. The maximum atomic E-state index is 2.24. The van der Waals surface area contributed by atoms with Crippen LogP contribution in [0.3, 0.4) is 0 Å². The van der Waals surface area contributed by atoms with Crippen molar-refractivity contribution in [2.75, 3.05) is 0 Å². The van der Waals surface area contributed by atoms with Crippen molar-refractivity contribution in [2.24, 2.45) is 0 Å². The van der Waals surface area contributed by atoms with E-state index in [1.807, 2.05) is 0 Å². The van der Waals surface area contributed by atoms with E-state index in [1.54, 1.807) is 0 Å². The second-order valence-corrected chi connectivity index (χ2v) is 15.5. The first kappa shape index (κ1) is 38.0. The van der Waals surface area contributed by atoms with Crippen LogP contribution in [0.15, 0.2) is 195 Å². The molecule has 16 bridgehead atoms. The van der Waals surface area contributed by atoms with Crippen LogP contribution < -0.4 is 18.3 Å². The van der Waals surface area contributed by atoms with Gasteiger partial charge in [-0.1, -0.05) is 146 Å². The maximum Gasteiger partial charge on any atom is 0.173 e. The van der Waals surface area contributed by atoms with Crippen molar-refractivity contribution in [1.29, 1.82) is 0 Å². The van der Waals surface area contributed by atoms with Crippen LogP contribution in [0.1, 0.15) is 66.8 Å². The molecule has 0 saturated heterocycles. The van der Waals surface area contributed by atoms with E-state index >= 15 is 0 Å². The Bertz CT molecular complexity index is 2370. The van der Waals surface area contributed by atoms with E-state index in [0.29, 0.717) is 0 Å². The average Bonchev–Trinajstić information content (AvgIpc) is 3.30. The Balaban J connectivity index is 0.904. The summed E-state index contributed by atoms with van der Waals surface area (Å²) in [6.07, 6.45) is 34.6. The topological polar surface area (TPSA) is 15.5 Å². The van der Waals surface area contributed by atoms with Crippen LogP contribution in [0.4, 0.5) is 0 Å². The highest BCUT2D eigenvalue weighted by Crippen LogP contribution is 2.15. The third-order valence-electron chi connectivity index (χ3n) is 10.9. The Labute approximate surface area is 353 Å². The Kier molecular flexibility index (Phi) is 11.6. The summed E-state index contributed by atoms with van der Waals surface area (Å²) >= 11 is 0. The number of hydrogen-bond acceptors (Lipinski definition) is 0. The van der Waals surface area contributed by atoms with Gasteiger partial charge in [0.15, 0.2) is 75.8 Å². The van der Waals surface area contributed by atoms with Gasteiger partial charge in [-0.25, -0.2) is 18.3 Å². The van der Waals surface area contributed by atoms with E-state index in [2.05, 4.69) is 262 Å². The molecule has 0 unspecified atom stereocenters. The summed E-state index contributed by atoms with van der Waals surface area (Å²) in [5, 5.41) is 0. The molecule has 288 valence electrons.